The molecule has 3 aromatic rings. The van der Waals surface area contributed by atoms with Gasteiger partial charge in [-0.1, -0.05) is 35.8 Å². The van der Waals surface area contributed by atoms with Gasteiger partial charge >= 0.3 is 5.97 Å². The van der Waals surface area contributed by atoms with E-state index in [-0.39, 0.29) is 5.97 Å². The first-order valence-electron chi connectivity index (χ1n) is 8.43. The molecule has 0 N–H and O–H groups in total. The van der Waals surface area contributed by atoms with Crippen molar-refractivity contribution in [1.29, 1.82) is 0 Å². The molecule has 0 unspecified atom stereocenters. The van der Waals surface area contributed by atoms with Crippen LogP contribution in [0.15, 0.2) is 47.1 Å². The van der Waals surface area contributed by atoms with Crippen LogP contribution in [0.25, 0.3) is 10.9 Å². The van der Waals surface area contributed by atoms with Crippen molar-refractivity contribution in [3.05, 3.63) is 58.2 Å². The second kappa shape index (κ2) is 7.91. The van der Waals surface area contributed by atoms with E-state index >= 15 is 0 Å². The molecule has 0 atom stereocenters. The largest absolute Gasteiger partial charge is 0.493 e. The van der Waals surface area contributed by atoms with E-state index in [0.717, 1.165) is 26.7 Å². The van der Waals surface area contributed by atoms with E-state index in [1.165, 1.54) is 7.11 Å². The van der Waals surface area contributed by atoms with E-state index < -0.39 is 0 Å². The molecule has 0 spiro atoms. The van der Waals surface area contributed by atoms with Crippen molar-refractivity contribution in [1.82, 2.24) is 9.78 Å². The van der Waals surface area contributed by atoms with Crippen LogP contribution in [0.2, 0.25) is 0 Å². The Hall–Kier alpha value is -2.34. The van der Waals surface area contributed by atoms with Crippen LogP contribution in [-0.4, -0.2) is 29.5 Å². The predicted molar refractivity (Wildman–Crippen MR) is 105 cm³/mol. The summed E-state index contributed by atoms with van der Waals surface area (Å²) in [7, 11) is 1.38. The number of methoxy groups -OCH3 is 1. The molecular weight excluding hydrogens is 396 g/mol. The number of aromatic nitrogens is 2. The lowest BCUT2D eigenvalue weighted by molar-refractivity contribution is 0.0603. The summed E-state index contributed by atoms with van der Waals surface area (Å²) in [5, 5.41) is 5.25. The van der Waals surface area contributed by atoms with Crippen molar-refractivity contribution in [2.75, 3.05) is 13.7 Å². The Balaban J connectivity index is 1.97. The molecule has 0 aliphatic rings. The molecule has 0 fully saturated rings. The molecule has 2 aromatic carbocycles. The van der Waals surface area contributed by atoms with Crippen LogP contribution < -0.4 is 4.74 Å². The van der Waals surface area contributed by atoms with Gasteiger partial charge in [0.05, 0.1) is 37.5 Å². The highest BCUT2D eigenvalue weighted by molar-refractivity contribution is 9.10. The van der Waals surface area contributed by atoms with Gasteiger partial charge in [0.2, 0.25) is 0 Å². The number of halogens is 1. The molecule has 6 heteroatoms. The average Bonchev–Trinajstić information content (AvgIpc) is 3.03. The first-order chi connectivity index (χ1) is 12.5. The number of nitrogens with zero attached hydrogens (tertiary/aromatic N) is 2. The van der Waals surface area contributed by atoms with Gasteiger partial charge in [0, 0.05) is 15.4 Å². The topological polar surface area (TPSA) is 53.3 Å². The highest BCUT2D eigenvalue weighted by Crippen LogP contribution is 2.27. The maximum atomic E-state index is 12.0. The third-order valence-corrected chi connectivity index (χ3v) is 4.50. The Morgan fingerprint density at radius 2 is 2.08 bits per heavy atom. The Morgan fingerprint density at radius 1 is 1.27 bits per heavy atom. The third kappa shape index (κ3) is 3.90. The minimum Gasteiger partial charge on any atom is -0.493 e. The third-order valence-electron chi connectivity index (χ3n) is 4.01. The predicted octanol–water partition coefficient (Wildman–Crippen LogP) is 4.67. The highest BCUT2D eigenvalue weighted by atomic mass is 79.9. The minimum absolute atomic E-state index is 0.362. The van der Waals surface area contributed by atoms with Crippen molar-refractivity contribution in [2.45, 2.75) is 20.4 Å². The number of hydrogen-bond donors (Lipinski definition) is 0. The molecule has 3 rings (SSSR count). The first-order valence-corrected chi connectivity index (χ1v) is 9.23. The highest BCUT2D eigenvalue weighted by Gasteiger charge is 2.15. The molecule has 1 heterocycles. The van der Waals surface area contributed by atoms with Gasteiger partial charge in [-0.2, -0.15) is 5.10 Å². The fourth-order valence-electron chi connectivity index (χ4n) is 2.75. The standard InChI is InChI=1S/C20H21BrN2O3/c1-13(2)12-26-19-8-7-15(21)9-14(19)11-23-18-6-4-5-16(20(24)25-3)17(18)10-22-23/h4-10,13H,11-12H2,1-3H3. The lowest BCUT2D eigenvalue weighted by Gasteiger charge is -2.14. The number of hydrogen-bond acceptors (Lipinski definition) is 4. The number of benzene rings is 2. The van der Waals surface area contributed by atoms with Crippen LogP contribution in [0.1, 0.15) is 29.8 Å². The van der Waals surface area contributed by atoms with Gasteiger partial charge in [-0.15, -0.1) is 0 Å². The SMILES string of the molecule is COC(=O)c1cccc2c1cnn2Cc1cc(Br)ccc1OCC(C)C. The average molecular weight is 417 g/mol. The summed E-state index contributed by atoms with van der Waals surface area (Å²) in [5.74, 6) is 0.924. The second-order valence-electron chi connectivity index (χ2n) is 6.49. The molecule has 0 saturated carbocycles. The summed E-state index contributed by atoms with van der Waals surface area (Å²) in [4.78, 5) is 12.0. The Morgan fingerprint density at radius 3 is 2.81 bits per heavy atom. The quantitative estimate of drug-likeness (QED) is 0.547. The summed E-state index contributed by atoms with van der Waals surface area (Å²) >= 11 is 3.52. The second-order valence-corrected chi connectivity index (χ2v) is 7.40. The Bertz CT molecular complexity index is 934. The molecule has 136 valence electrons. The molecule has 0 bridgehead atoms. The van der Waals surface area contributed by atoms with Crippen molar-refractivity contribution >= 4 is 32.8 Å². The molecule has 1 aromatic heterocycles. The van der Waals surface area contributed by atoms with Crippen LogP contribution >= 0.6 is 15.9 Å². The molecule has 0 amide bonds. The van der Waals surface area contributed by atoms with Crippen LogP contribution in [0, 0.1) is 5.92 Å². The van der Waals surface area contributed by atoms with Crippen molar-refractivity contribution in [3.8, 4) is 5.75 Å². The van der Waals surface area contributed by atoms with Gasteiger partial charge in [0.15, 0.2) is 0 Å². The summed E-state index contributed by atoms with van der Waals surface area (Å²) < 4.78 is 13.7. The summed E-state index contributed by atoms with van der Waals surface area (Å²) in [6.07, 6.45) is 1.70. The van der Waals surface area contributed by atoms with Crippen molar-refractivity contribution in [2.24, 2.45) is 5.92 Å². The maximum Gasteiger partial charge on any atom is 0.338 e. The minimum atomic E-state index is -0.362. The van der Waals surface area contributed by atoms with E-state index in [9.17, 15) is 4.79 Å². The van der Waals surface area contributed by atoms with Gasteiger partial charge in [-0.3, -0.25) is 4.68 Å². The molecule has 0 saturated heterocycles. The fraction of sp³-hybridized carbons (Fsp3) is 0.300. The number of esters is 1. The molecule has 0 aliphatic heterocycles. The molecule has 26 heavy (non-hydrogen) atoms. The zero-order valence-electron chi connectivity index (χ0n) is 15.0. The molecule has 0 aliphatic carbocycles. The van der Waals surface area contributed by atoms with Crippen molar-refractivity contribution in [3.63, 3.8) is 0 Å². The van der Waals surface area contributed by atoms with Gasteiger partial charge in [-0.05, 0) is 36.2 Å². The number of ether oxygens (including phenoxy) is 2. The van der Waals surface area contributed by atoms with E-state index in [1.807, 2.05) is 35.0 Å². The Kier molecular flexibility index (Phi) is 5.61. The molecule has 0 radical (unpaired) electrons. The van der Waals surface area contributed by atoms with Crippen LogP contribution in [-0.2, 0) is 11.3 Å². The van der Waals surface area contributed by atoms with Gasteiger partial charge in [-0.25, -0.2) is 4.79 Å². The van der Waals surface area contributed by atoms with E-state index in [4.69, 9.17) is 9.47 Å². The zero-order chi connectivity index (χ0) is 18.7. The maximum absolute atomic E-state index is 12.0. The zero-order valence-corrected chi connectivity index (χ0v) is 16.6. The van der Waals surface area contributed by atoms with Gasteiger partial charge < -0.3 is 9.47 Å². The smallest absolute Gasteiger partial charge is 0.338 e. The van der Waals surface area contributed by atoms with E-state index in [0.29, 0.717) is 24.6 Å². The molecular formula is C20H21BrN2O3. The number of carbonyl (C=O) groups excluding carboxylic acids is 1. The lowest BCUT2D eigenvalue weighted by atomic mass is 10.1. The summed E-state index contributed by atoms with van der Waals surface area (Å²) in [5.41, 5.74) is 2.41. The first kappa shape index (κ1) is 18.5. The summed E-state index contributed by atoms with van der Waals surface area (Å²) in [6, 6.07) is 11.5. The number of fused-ring (bicyclic) bond motifs is 1. The Labute approximate surface area is 161 Å². The van der Waals surface area contributed by atoms with Crippen LogP contribution in [0.5, 0.6) is 5.75 Å². The van der Waals surface area contributed by atoms with E-state index in [1.54, 1.807) is 12.3 Å². The lowest BCUT2D eigenvalue weighted by Crippen LogP contribution is -2.09. The fourth-order valence-corrected chi connectivity index (χ4v) is 3.16. The number of carbonyl (C=O) groups is 1. The van der Waals surface area contributed by atoms with Crippen LogP contribution in [0.4, 0.5) is 0 Å². The van der Waals surface area contributed by atoms with Crippen molar-refractivity contribution < 1.29 is 14.3 Å². The summed E-state index contributed by atoms with van der Waals surface area (Å²) in [6.45, 7) is 5.43. The monoisotopic (exact) mass is 416 g/mol. The number of rotatable bonds is 6. The normalized spacial score (nSPS) is 11.1. The van der Waals surface area contributed by atoms with Gasteiger partial charge in [0.25, 0.3) is 0 Å². The molecule has 5 nitrogen and oxygen atoms in total. The van der Waals surface area contributed by atoms with Gasteiger partial charge in [0.1, 0.15) is 5.75 Å². The van der Waals surface area contributed by atoms with E-state index in [2.05, 4.69) is 34.9 Å². The van der Waals surface area contributed by atoms with Crippen LogP contribution in [0.3, 0.4) is 0 Å².